The van der Waals surface area contributed by atoms with Crippen LogP contribution in [0.15, 0.2) is 54.6 Å². The highest BCUT2D eigenvalue weighted by Crippen LogP contribution is 2.42. The zero-order valence-corrected chi connectivity index (χ0v) is 16.6. The Hall–Kier alpha value is -1.94. The summed E-state index contributed by atoms with van der Waals surface area (Å²) in [7, 11) is 0. The van der Waals surface area contributed by atoms with Crippen LogP contribution < -0.4 is 4.74 Å². The molecule has 0 aromatic heterocycles. The molecular formula is C22H27NO2S. The second-order valence-corrected chi connectivity index (χ2v) is 9.05. The maximum Gasteiger partial charge on any atom is 0.224 e. The van der Waals surface area contributed by atoms with Gasteiger partial charge in [0, 0.05) is 24.3 Å². The molecule has 0 aliphatic carbocycles. The number of thioether (sulfide) groups is 1. The molecule has 2 aromatic rings. The fraction of sp³-hybridized carbons (Fsp3) is 0.409. The maximum absolute atomic E-state index is 12.8. The average Bonchev–Trinajstić information content (AvgIpc) is 3.09. The predicted molar refractivity (Wildman–Crippen MR) is 108 cm³/mol. The molecule has 1 fully saturated rings. The standard InChI is InChI=1S/C22H27NO2S/c1-22(2,3)15-20(24)23-13-14-26-21(23)18-11-7-8-12-19(18)25-16-17-9-5-4-6-10-17/h4-12,21H,13-16H2,1-3H3/t21-/m0/s1. The number of hydrogen-bond donors (Lipinski definition) is 0. The highest BCUT2D eigenvalue weighted by Gasteiger charge is 2.33. The van der Waals surface area contributed by atoms with E-state index in [-0.39, 0.29) is 16.7 Å². The Balaban J connectivity index is 1.76. The van der Waals surface area contributed by atoms with Crippen LogP contribution in [0, 0.1) is 5.41 Å². The maximum atomic E-state index is 12.8. The second kappa shape index (κ2) is 8.17. The van der Waals surface area contributed by atoms with Crippen LogP contribution >= 0.6 is 11.8 Å². The molecule has 0 unspecified atom stereocenters. The van der Waals surface area contributed by atoms with Gasteiger partial charge in [-0.2, -0.15) is 0 Å². The molecule has 0 N–H and O–H groups in total. The zero-order chi connectivity index (χ0) is 18.6. The summed E-state index contributed by atoms with van der Waals surface area (Å²) >= 11 is 1.82. The predicted octanol–water partition coefficient (Wildman–Crippen LogP) is 5.28. The summed E-state index contributed by atoms with van der Waals surface area (Å²) in [5.74, 6) is 2.06. The Morgan fingerprint density at radius 2 is 1.81 bits per heavy atom. The third-order valence-corrected chi connectivity index (χ3v) is 5.56. The van der Waals surface area contributed by atoms with Gasteiger partial charge in [0.2, 0.25) is 5.91 Å². The number of carbonyl (C=O) groups excluding carboxylic acids is 1. The molecule has 3 nitrogen and oxygen atoms in total. The number of carbonyl (C=O) groups is 1. The number of rotatable bonds is 5. The second-order valence-electron chi connectivity index (χ2n) is 7.86. The van der Waals surface area contributed by atoms with Gasteiger partial charge in [-0.25, -0.2) is 0 Å². The molecule has 26 heavy (non-hydrogen) atoms. The van der Waals surface area contributed by atoms with Gasteiger partial charge in [0.15, 0.2) is 0 Å². The molecule has 0 radical (unpaired) electrons. The lowest BCUT2D eigenvalue weighted by Gasteiger charge is -2.28. The average molecular weight is 370 g/mol. The Morgan fingerprint density at radius 3 is 2.54 bits per heavy atom. The summed E-state index contributed by atoms with van der Waals surface area (Å²) in [4.78, 5) is 14.8. The lowest BCUT2D eigenvalue weighted by molar-refractivity contribution is -0.133. The van der Waals surface area contributed by atoms with Crippen molar-refractivity contribution in [1.29, 1.82) is 0 Å². The van der Waals surface area contributed by atoms with Crippen LogP contribution in [0.4, 0.5) is 0 Å². The number of para-hydroxylation sites is 1. The van der Waals surface area contributed by atoms with Crippen LogP contribution in [0.25, 0.3) is 0 Å². The van der Waals surface area contributed by atoms with Crippen LogP contribution in [0.2, 0.25) is 0 Å². The molecule has 2 aromatic carbocycles. The monoisotopic (exact) mass is 369 g/mol. The van der Waals surface area contributed by atoms with Crippen molar-refractivity contribution >= 4 is 17.7 Å². The minimum Gasteiger partial charge on any atom is -0.489 e. The van der Waals surface area contributed by atoms with Gasteiger partial charge < -0.3 is 9.64 Å². The van der Waals surface area contributed by atoms with Crippen molar-refractivity contribution in [3.63, 3.8) is 0 Å². The lowest BCUT2D eigenvalue weighted by Crippen LogP contribution is -2.33. The Bertz CT molecular complexity index is 739. The Kier molecular flexibility index (Phi) is 5.92. The van der Waals surface area contributed by atoms with E-state index >= 15 is 0 Å². The van der Waals surface area contributed by atoms with E-state index in [1.165, 1.54) is 0 Å². The molecule has 1 saturated heterocycles. The first-order valence-corrected chi connectivity index (χ1v) is 10.2. The van der Waals surface area contributed by atoms with Gasteiger partial charge in [-0.1, -0.05) is 69.3 Å². The lowest BCUT2D eigenvalue weighted by atomic mass is 9.91. The van der Waals surface area contributed by atoms with Crippen molar-refractivity contribution in [2.45, 2.75) is 39.2 Å². The first-order valence-electron chi connectivity index (χ1n) is 9.11. The van der Waals surface area contributed by atoms with Gasteiger partial charge in [-0.15, -0.1) is 11.8 Å². The summed E-state index contributed by atoms with van der Waals surface area (Å²) in [6.07, 6.45) is 0.567. The van der Waals surface area contributed by atoms with Gasteiger partial charge in [-0.05, 0) is 17.0 Å². The van der Waals surface area contributed by atoms with E-state index in [1.54, 1.807) is 0 Å². The van der Waals surface area contributed by atoms with E-state index in [2.05, 4.69) is 39.0 Å². The van der Waals surface area contributed by atoms with Crippen LogP contribution in [-0.2, 0) is 11.4 Å². The molecular weight excluding hydrogens is 342 g/mol. The zero-order valence-electron chi connectivity index (χ0n) is 15.8. The molecule has 0 spiro atoms. The molecule has 0 bridgehead atoms. The summed E-state index contributed by atoms with van der Waals surface area (Å²) in [6.45, 7) is 7.67. The van der Waals surface area contributed by atoms with Crippen LogP contribution in [0.3, 0.4) is 0 Å². The van der Waals surface area contributed by atoms with Gasteiger partial charge >= 0.3 is 0 Å². The molecule has 4 heteroatoms. The Labute approximate surface area is 160 Å². The van der Waals surface area contributed by atoms with E-state index in [4.69, 9.17) is 4.74 Å². The van der Waals surface area contributed by atoms with E-state index in [0.29, 0.717) is 13.0 Å². The third-order valence-electron chi connectivity index (χ3n) is 4.32. The normalized spacial score (nSPS) is 17.3. The van der Waals surface area contributed by atoms with Crippen molar-refractivity contribution in [1.82, 2.24) is 4.90 Å². The van der Waals surface area contributed by atoms with Crippen molar-refractivity contribution in [2.24, 2.45) is 5.41 Å². The molecule has 1 heterocycles. The molecule has 3 rings (SSSR count). The fourth-order valence-electron chi connectivity index (χ4n) is 3.09. The van der Waals surface area contributed by atoms with E-state index < -0.39 is 0 Å². The van der Waals surface area contributed by atoms with Crippen molar-refractivity contribution in [2.75, 3.05) is 12.3 Å². The minimum atomic E-state index is -0.00177. The van der Waals surface area contributed by atoms with Gasteiger partial charge in [0.05, 0.1) is 0 Å². The number of hydrogen-bond acceptors (Lipinski definition) is 3. The molecule has 0 saturated carbocycles. The van der Waals surface area contributed by atoms with Crippen LogP contribution in [0.1, 0.15) is 43.7 Å². The topological polar surface area (TPSA) is 29.5 Å². The molecule has 1 aliphatic heterocycles. The molecule has 138 valence electrons. The van der Waals surface area contributed by atoms with Crippen LogP contribution in [-0.4, -0.2) is 23.1 Å². The first-order chi connectivity index (χ1) is 12.4. The number of nitrogens with zero attached hydrogens (tertiary/aromatic N) is 1. The summed E-state index contributed by atoms with van der Waals surface area (Å²) in [6, 6.07) is 18.3. The van der Waals surface area contributed by atoms with Gasteiger partial charge in [-0.3, -0.25) is 4.79 Å². The van der Waals surface area contributed by atoms with E-state index in [9.17, 15) is 4.79 Å². The number of amides is 1. The first kappa shape index (κ1) is 18.8. The van der Waals surface area contributed by atoms with Crippen LogP contribution in [0.5, 0.6) is 5.75 Å². The van der Waals surface area contributed by atoms with Gasteiger partial charge in [0.1, 0.15) is 17.7 Å². The quantitative estimate of drug-likeness (QED) is 0.718. The molecule has 1 atom stereocenters. The summed E-state index contributed by atoms with van der Waals surface area (Å²) in [5.41, 5.74) is 2.23. The summed E-state index contributed by atoms with van der Waals surface area (Å²) < 4.78 is 6.11. The Morgan fingerprint density at radius 1 is 1.12 bits per heavy atom. The summed E-state index contributed by atoms with van der Waals surface area (Å²) in [5, 5.41) is 0.0387. The highest BCUT2D eigenvalue weighted by atomic mass is 32.2. The molecule has 1 amide bonds. The van der Waals surface area contributed by atoms with E-state index in [1.807, 2.05) is 53.1 Å². The minimum absolute atomic E-state index is 0.00177. The van der Waals surface area contributed by atoms with Crippen molar-refractivity contribution < 1.29 is 9.53 Å². The fourth-order valence-corrected chi connectivity index (χ4v) is 4.39. The third kappa shape index (κ3) is 4.82. The number of benzene rings is 2. The molecule has 1 aliphatic rings. The van der Waals surface area contributed by atoms with Gasteiger partial charge in [0.25, 0.3) is 0 Å². The van der Waals surface area contributed by atoms with E-state index in [0.717, 1.165) is 29.2 Å². The largest absolute Gasteiger partial charge is 0.489 e. The number of ether oxygens (including phenoxy) is 1. The SMILES string of the molecule is CC(C)(C)CC(=O)N1CCS[C@H]1c1ccccc1OCc1ccccc1. The smallest absolute Gasteiger partial charge is 0.224 e. The highest BCUT2D eigenvalue weighted by molar-refractivity contribution is 7.99. The van der Waals surface area contributed by atoms with Crippen molar-refractivity contribution in [3.05, 3.63) is 65.7 Å². The van der Waals surface area contributed by atoms with Crippen molar-refractivity contribution in [3.8, 4) is 5.75 Å².